The van der Waals surface area contributed by atoms with Gasteiger partial charge in [0.05, 0.1) is 11.8 Å². The van der Waals surface area contributed by atoms with Gasteiger partial charge in [-0.25, -0.2) is 0 Å². The van der Waals surface area contributed by atoms with Crippen LogP contribution in [0.3, 0.4) is 0 Å². The highest BCUT2D eigenvalue weighted by atomic mass is 16.3. The Balaban J connectivity index is 1.46. The van der Waals surface area contributed by atoms with Crippen LogP contribution >= 0.6 is 0 Å². The van der Waals surface area contributed by atoms with E-state index in [0.717, 1.165) is 12.8 Å². The standard InChI is InChI=1S/C22H28N2O3/c1-22(2,3)19-6-4-17(5-7-19)20(25)23-14-16-8-11-24(12-9-16)21(26)18-10-13-27-15-18/h4-7,10,13,15-16H,8-9,11-12,14H2,1-3H3,(H,23,25). The van der Waals surface area contributed by atoms with E-state index in [1.165, 1.54) is 18.1 Å². The highest BCUT2D eigenvalue weighted by Gasteiger charge is 2.24. The molecular formula is C22H28N2O3. The van der Waals surface area contributed by atoms with Crippen LogP contribution in [0.4, 0.5) is 0 Å². The monoisotopic (exact) mass is 368 g/mol. The van der Waals surface area contributed by atoms with Crippen LogP contribution in [-0.2, 0) is 5.41 Å². The molecule has 1 aromatic carbocycles. The number of carbonyl (C=O) groups excluding carboxylic acids is 2. The van der Waals surface area contributed by atoms with Crippen molar-refractivity contribution < 1.29 is 14.0 Å². The molecule has 1 saturated heterocycles. The van der Waals surface area contributed by atoms with E-state index in [1.807, 2.05) is 29.2 Å². The Hall–Kier alpha value is -2.56. The average molecular weight is 368 g/mol. The van der Waals surface area contributed by atoms with Crippen molar-refractivity contribution >= 4 is 11.8 Å². The Morgan fingerprint density at radius 2 is 1.74 bits per heavy atom. The van der Waals surface area contributed by atoms with Gasteiger partial charge in [-0.2, -0.15) is 0 Å². The summed E-state index contributed by atoms with van der Waals surface area (Å²) in [5, 5.41) is 3.04. The Morgan fingerprint density at radius 1 is 1.07 bits per heavy atom. The Bertz CT molecular complexity index is 765. The van der Waals surface area contributed by atoms with Crippen LogP contribution in [0.25, 0.3) is 0 Å². The number of benzene rings is 1. The molecule has 0 saturated carbocycles. The van der Waals surface area contributed by atoms with Crippen molar-refractivity contribution in [2.75, 3.05) is 19.6 Å². The fourth-order valence-corrected chi connectivity index (χ4v) is 3.37. The molecule has 2 amide bonds. The fraction of sp³-hybridized carbons (Fsp3) is 0.455. The molecule has 0 bridgehead atoms. The zero-order valence-corrected chi connectivity index (χ0v) is 16.3. The molecule has 3 rings (SSSR count). The van der Waals surface area contributed by atoms with Gasteiger partial charge in [-0.05, 0) is 47.9 Å². The third-order valence-electron chi connectivity index (χ3n) is 5.23. The summed E-state index contributed by atoms with van der Waals surface area (Å²) < 4.78 is 4.99. The maximum absolute atomic E-state index is 12.4. The molecule has 0 radical (unpaired) electrons. The summed E-state index contributed by atoms with van der Waals surface area (Å²) in [4.78, 5) is 26.6. The summed E-state index contributed by atoms with van der Waals surface area (Å²) in [6.45, 7) is 8.55. The first-order chi connectivity index (χ1) is 12.8. The number of amides is 2. The van der Waals surface area contributed by atoms with E-state index in [1.54, 1.807) is 6.07 Å². The molecule has 1 fully saturated rings. The quantitative estimate of drug-likeness (QED) is 0.891. The molecule has 27 heavy (non-hydrogen) atoms. The molecule has 1 N–H and O–H groups in total. The topological polar surface area (TPSA) is 62.6 Å². The van der Waals surface area contributed by atoms with E-state index in [2.05, 4.69) is 26.1 Å². The highest BCUT2D eigenvalue weighted by molar-refractivity contribution is 5.94. The number of rotatable bonds is 4. The van der Waals surface area contributed by atoms with Crippen LogP contribution in [0, 0.1) is 5.92 Å². The minimum atomic E-state index is -0.0348. The Labute approximate surface area is 160 Å². The van der Waals surface area contributed by atoms with E-state index < -0.39 is 0 Å². The van der Waals surface area contributed by atoms with E-state index in [0.29, 0.717) is 36.7 Å². The summed E-state index contributed by atoms with van der Waals surface area (Å²) in [6.07, 6.45) is 4.79. The predicted octanol–water partition coefficient (Wildman–Crippen LogP) is 3.86. The van der Waals surface area contributed by atoms with Crippen molar-refractivity contribution in [2.24, 2.45) is 5.92 Å². The van der Waals surface area contributed by atoms with Crippen LogP contribution in [0.1, 0.15) is 59.9 Å². The third-order valence-corrected chi connectivity index (χ3v) is 5.23. The second-order valence-electron chi connectivity index (χ2n) is 8.28. The first-order valence-corrected chi connectivity index (χ1v) is 9.55. The summed E-state index contributed by atoms with van der Waals surface area (Å²) >= 11 is 0. The molecule has 0 atom stereocenters. The van der Waals surface area contributed by atoms with Crippen LogP contribution < -0.4 is 5.32 Å². The number of hydrogen-bond acceptors (Lipinski definition) is 3. The molecule has 0 spiro atoms. The van der Waals surface area contributed by atoms with E-state index in [-0.39, 0.29) is 17.2 Å². The van der Waals surface area contributed by atoms with E-state index in [9.17, 15) is 9.59 Å². The first-order valence-electron chi connectivity index (χ1n) is 9.55. The molecule has 1 aliphatic heterocycles. The lowest BCUT2D eigenvalue weighted by molar-refractivity contribution is 0.0683. The molecule has 0 unspecified atom stereocenters. The lowest BCUT2D eigenvalue weighted by Crippen LogP contribution is -2.41. The second-order valence-corrected chi connectivity index (χ2v) is 8.28. The summed E-state index contributed by atoms with van der Waals surface area (Å²) in [5.74, 6) is 0.383. The van der Waals surface area contributed by atoms with E-state index in [4.69, 9.17) is 4.42 Å². The zero-order chi connectivity index (χ0) is 19.4. The van der Waals surface area contributed by atoms with Crippen molar-refractivity contribution in [3.05, 3.63) is 59.5 Å². The van der Waals surface area contributed by atoms with Gasteiger partial charge in [-0.15, -0.1) is 0 Å². The van der Waals surface area contributed by atoms with Gasteiger partial charge in [0.2, 0.25) is 0 Å². The van der Waals surface area contributed by atoms with Gasteiger partial charge in [0, 0.05) is 25.2 Å². The van der Waals surface area contributed by atoms with E-state index >= 15 is 0 Å². The number of hydrogen-bond donors (Lipinski definition) is 1. The summed E-state index contributed by atoms with van der Waals surface area (Å²) in [5.41, 5.74) is 2.58. The molecule has 1 aromatic heterocycles. The SMILES string of the molecule is CC(C)(C)c1ccc(C(=O)NCC2CCN(C(=O)c3ccoc3)CC2)cc1. The Kier molecular flexibility index (Phi) is 5.68. The van der Waals surface area contributed by atoms with Gasteiger partial charge in [-0.1, -0.05) is 32.9 Å². The number of nitrogens with one attached hydrogen (secondary N) is 1. The van der Waals surface area contributed by atoms with Gasteiger partial charge in [-0.3, -0.25) is 9.59 Å². The molecule has 2 heterocycles. The largest absolute Gasteiger partial charge is 0.472 e. The lowest BCUT2D eigenvalue weighted by atomic mass is 9.86. The van der Waals surface area contributed by atoms with Crippen LogP contribution in [0.15, 0.2) is 47.3 Å². The maximum atomic E-state index is 12.4. The van der Waals surface area contributed by atoms with Gasteiger partial charge in [0.15, 0.2) is 0 Å². The van der Waals surface area contributed by atoms with Gasteiger partial charge in [0.1, 0.15) is 6.26 Å². The molecule has 1 aliphatic rings. The van der Waals surface area contributed by atoms with Crippen molar-refractivity contribution in [1.29, 1.82) is 0 Å². The number of furan rings is 1. The summed E-state index contributed by atoms with van der Waals surface area (Å²) in [7, 11) is 0. The maximum Gasteiger partial charge on any atom is 0.257 e. The van der Waals surface area contributed by atoms with Crippen LogP contribution in [-0.4, -0.2) is 36.3 Å². The molecule has 0 aliphatic carbocycles. The molecule has 5 heteroatoms. The predicted molar refractivity (Wildman–Crippen MR) is 105 cm³/mol. The second kappa shape index (κ2) is 7.99. The highest BCUT2D eigenvalue weighted by Crippen LogP contribution is 2.22. The van der Waals surface area contributed by atoms with Crippen molar-refractivity contribution in [3.8, 4) is 0 Å². The average Bonchev–Trinajstić information content (AvgIpc) is 3.20. The summed E-state index contributed by atoms with van der Waals surface area (Å²) in [6, 6.07) is 9.52. The van der Waals surface area contributed by atoms with Gasteiger partial charge >= 0.3 is 0 Å². The van der Waals surface area contributed by atoms with Crippen LogP contribution in [0.2, 0.25) is 0 Å². The zero-order valence-electron chi connectivity index (χ0n) is 16.3. The minimum Gasteiger partial charge on any atom is -0.472 e. The number of piperidine rings is 1. The normalized spacial score (nSPS) is 15.6. The van der Waals surface area contributed by atoms with Gasteiger partial charge in [0.25, 0.3) is 11.8 Å². The molecule has 144 valence electrons. The van der Waals surface area contributed by atoms with Crippen molar-refractivity contribution in [1.82, 2.24) is 10.2 Å². The minimum absolute atomic E-state index is 0.0187. The number of likely N-dealkylation sites (tertiary alicyclic amines) is 1. The fourth-order valence-electron chi connectivity index (χ4n) is 3.37. The molecular weight excluding hydrogens is 340 g/mol. The van der Waals surface area contributed by atoms with Crippen LogP contribution in [0.5, 0.6) is 0 Å². The third kappa shape index (κ3) is 4.79. The van der Waals surface area contributed by atoms with Crippen molar-refractivity contribution in [3.63, 3.8) is 0 Å². The number of nitrogens with zero attached hydrogens (tertiary/aromatic N) is 1. The first kappa shape index (κ1) is 19.2. The number of carbonyl (C=O) groups is 2. The smallest absolute Gasteiger partial charge is 0.257 e. The lowest BCUT2D eigenvalue weighted by Gasteiger charge is -2.31. The Morgan fingerprint density at radius 3 is 2.30 bits per heavy atom. The molecule has 2 aromatic rings. The van der Waals surface area contributed by atoms with Crippen molar-refractivity contribution in [2.45, 2.75) is 39.0 Å². The molecule has 5 nitrogen and oxygen atoms in total. The van der Waals surface area contributed by atoms with Gasteiger partial charge < -0.3 is 14.6 Å².